The minimum absolute atomic E-state index is 0.275. The maximum absolute atomic E-state index is 10.7. The average molecular weight is 239 g/mol. The third kappa shape index (κ3) is 9.04. The van der Waals surface area contributed by atoms with Crippen LogP contribution >= 0.6 is 0 Å². The monoisotopic (exact) mass is 239 g/mol. The van der Waals surface area contributed by atoms with E-state index in [1.165, 1.54) is 6.92 Å². The van der Waals surface area contributed by atoms with Gasteiger partial charge in [-0.15, -0.1) is 0 Å². The molecule has 17 heavy (non-hydrogen) atoms. The number of hydrogen-bond donors (Lipinski definition) is 1. The van der Waals surface area contributed by atoms with Crippen molar-refractivity contribution in [1.29, 1.82) is 0 Å². The van der Waals surface area contributed by atoms with Gasteiger partial charge >= 0.3 is 11.9 Å². The Balaban J connectivity index is 0.000000354. The number of carboxylic acid groups (broad SMARTS) is 1. The van der Waals surface area contributed by atoms with Gasteiger partial charge in [-0.2, -0.15) is 0 Å². The predicted molar refractivity (Wildman–Crippen MR) is 62.3 cm³/mol. The molecule has 1 aromatic rings. The first-order valence-electron chi connectivity index (χ1n) is 5.35. The van der Waals surface area contributed by atoms with Crippen LogP contribution < -0.4 is 0 Å². The molecule has 1 unspecified atom stereocenters. The van der Waals surface area contributed by atoms with Crippen molar-refractivity contribution in [3.05, 3.63) is 30.6 Å². The molecule has 0 spiro atoms. The Morgan fingerprint density at radius 3 is 2.18 bits per heavy atom. The summed E-state index contributed by atoms with van der Waals surface area (Å²) in [6.45, 7) is 3.16. The minimum Gasteiger partial charge on any atom is -0.479 e. The minimum atomic E-state index is -1.12. The highest BCUT2D eigenvalue weighted by molar-refractivity contribution is 5.77. The second-order valence-electron chi connectivity index (χ2n) is 3.24. The molecule has 1 atom stereocenters. The van der Waals surface area contributed by atoms with Gasteiger partial charge in [-0.3, -0.25) is 9.78 Å². The zero-order valence-electron chi connectivity index (χ0n) is 10.00. The molecule has 0 aromatic carbocycles. The molecule has 0 saturated heterocycles. The van der Waals surface area contributed by atoms with Gasteiger partial charge in [0.05, 0.1) is 0 Å². The van der Waals surface area contributed by atoms with E-state index in [1.54, 1.807) is 12.4 Å². The molecule has 0 aliphatic carbocycles. The topological polar surface area (TPSA) is 76.5 Å². The van der Waals surface area contributed by atoms with E-state index in [0.29, 0.717) is 6.42 Å². The van der Waals surface area contributed by atoms with E-state index in [2.05, 4.69) is 9.72 Å². The van der Waals surface area contributed by atoms with Gasteiger partial charge in [0, 0.05) is 18.8 Å². The van der Waals surface area contributed by atoms with E-state index in [9.17, 15) is 9.59 Å². The van der Waals surface area contributed by atoms with Gasteiger partial charge in [0.25, 0.3) is 0 Å². The van der Waals surface area contributed by atoms with Crippen LogP contribution in [0.4, 0.5) is 0 Å². The summed E-state index contributed by atoms with van der Waals surface area (Å²) in [4.78, 5) is 24.6. The maximum Gasteiger partial charge on any atom is 0.344 e. The molecule has 0 amide bonds. The molecular weight excluding hydrogens is 222 g/mol. The molecule has 5 nitrogen and oxygen atoms in total. The molecule has 1 N–H and O–H groups in total. The van der Waals surface area contributed by atoms with Gasteiger partial charge < -0.3 is 9.84 Å². The molecule has 0 fully saturated rings. The third-order valence-electron chi connectivity index (χ3n) is 1.68. The highest BCUT2D eigenvalue weighted by Gasteiger charge is 2.14. The lowest BCUT2D eigenvalue weighted by Gasteiger charge is -2.06. The summed E-state index contributed by atoms with van der Waals surface area (Å²) in [5.74, 6) is -1.57. The maximum atomic E-state index is 10.7. The van der Waals surface area contributed by atoms with Crippen molar-refractivity contribution in [3.63, 3.8) is 0 Å². The fourth-order valence-corrected chi connectivity index (χ4v) is 0.823. The van der Waals surface area contributed by atoms with Gasteiger partial charge in [0.2, 0.25) is 0 Å². The Kier molecular flexibility index (Phi) is 8.28. The lowest BCUT2D eigenvalue weighted by Crippen LogP contribution is -2.23. The van der Waals surface area contributed by atoms with Crippen LogP contribution in [-0.4, -0.2) is 28.1 Å². The number of aliphatic carboxylic acids is 1. The van der Waals surface area contributed by atoms with E-state index < -0.39 is 18.0 Å². The Labute approximate surface area is 100 Å². The standard InChI is InChI=1S/C7H12O4.C5H5N/c1-3-4-6(8)11-5(2)7(9)10;1-2-4-6-5-3-1/h5H,3-4H2,1-2H3,(H,9,10);1-5H. The molecule has 0 radical (unpaired) electrons. The number of rotatable bonds is 4. The molecule has 0 saturated carbocycles. The molecule has 5 heteroatoms. The van der Waals surface area contributed by atoms with Gasteiger partial charge in [-0.25, -0.2) is 4.79 Å². The number of esters is 1. The summed E-state index contributed by atoms with van der Waals surface area (Å²) in [5.41, 5.74) is 0. The number of carbonyl (C=O) groups is 2. The van der Waals surface area contributed by atoms with Crippen LogP contribution in [0.15, 0.2) is 30.6 Å². The molecule has 1 aromatic heterocycles. The van der Waals surface area contributed by atoms with Crippen molar-refractivity contribution in [2.75, 3.05) is 0 Å². The molecule has 0 bridgehead atoms. The number of nitrogens with zero attached hydrogens (tertiary/aromatic N) is 1. The second kappa shape index (κ2) is 9.33. The van der Waals surface area contributed by atoms with Crippen LogP contribution in [0.5, 0.6) is 0 Å². The van der Waals surface area contributed by atoms with Crippen molar-refractivity contribution in [2.45, 2.75) is 32.8 Å². The number of carboxylic acids is 1. The Morgan fingerprint density at radius 1 is 1.29 bits per heavy atom. The summed E-state index contributed by atoms with van der Waals surface area (Å²) in [6.07, 6.45) is 3.41. The SMILES string of the molecule is CCCC(=O)OC(C)C(=O)O.c1ccncc1. The summed E-state index contributed by atoms with van der Waals surface area (Å²) >= 11 is 0. The number of hydrogen-bond acceptors (Lipinski definition) is 4. The lowest BCUT2D eigenvalue weighted by molar-refractivity contribution is -0.162. The molecule has 94 valence electrons. The zero-order valence-corrected chi connectivity index (χ0v) is 10.00. The van der Waals surface area contributed by atoms with Crippen molar-refractivity contribution in [3.8, 4) is 0 Å². The third-order valence-corrected chi connectivity index (χ3v) is 1.68. The van der Waals surface area contributed by atoms with Crippen LogP contribution in [-0.2, 0) is 14.3 Å². The quantitative estimate of drug-likeness (QED) is 0.812. The summed E-state index contributed by atoms with van der Waals surface area (Å²) in [5, 5.41) is 8.32. The van der Waals surface area contributed by atoms with Crippen LogP contribution in [0.3, 0.4) is 0 Å². The fourth-order valence-electron chi connectivity index (χ4n) is 0.823. The summed E-state index contributed by atoms with van der Waals surface area (Å²) in [6, 6.07) is 5.72. The predicted octanol–water partition coefficient (Wildman–Crippen LogP) is 1.88. The smallest absolute Gasteiger partial charge is 0.344 e. The van der Waals surface area contributed by atoms with E-state index in [4.69, 9.17) is 5.11 Å². The summed E-state index contributed by atoms with van der Waals surface area (Å²) < 4.78 is 4.51. The van der Waals surface area contributed by atoms with E-state index >= 15 is 0 Å². The first-order valence-corrected chi connectivity index (χ1v) is 5.35. The molecular formula is C12H17NO4. The van der Waals surface area contributed by atoms with E-state index in [0.717, 1.165) is 0 Å². The zero-order chi connectivity index (χ0) is 13.1. The second-order valence-corrected chi connectivity index (χ2v) is 3.24. The normalized spacial score (nSPS) is 10.7. The molecule has 0 aliphatic rings. The van der Waals surface area contributed by atoms with Crippen molar-refractivity contribution >= 4 is 11.9 Å². The van der Waals surface area contributed by atoms with Crippen LogP contribution in [0.1, 0.15) is 26.7 Å². The molecule has 1 rings (SSSR count). The largest absolute Gasteiger partial charge is 0.479 e. The van der Waals surface area contributed by atoms with Crippen molar-refractivity contribution < 1.29 is 19.4 Å². The first-order chi connectivity index (χ1) is 8.07. The summed E-state index contributed by atoms with van der Waals surface area (Å²) in [7, 11) is 0. The highest BCUT2D eigenvalue weighted by atomic mass is 16.6. The number of pyridine rings is 1. The Hall–Kier alpha value is -1.91. The lowest BCUT2D eigenvalue weighted by atomic mass is 10.3. The number of ether oxygens (including phenoxy) is 1. The van der Waals surface area contributed by atoms with Gasteiger partial charge in [0.15, 0.2) is 6.10 Å². The number of aromatic nitrogens is 1. The fraction of sp³-hybridized carbons (Fsp3) is 0.417. The Morgan fingerprint density at radius 2 is 1.88 bits per heavy atom. The first kappa shape index (κ1) is 15.1. The van der Waals surface area contributed by atoms with Crippen LogP contribution in [0, 0.1) is 0 Å². The van der Waals surface area contributed by atoms with Crippen LogP contribution in [0.2, 0.25) is 0 Å². The van der Waals surface area contributed by atoms with Gasteiger partial charge in [-0.05, 0) is 25.5 Å². The highest BCUT2D eigenvalue weighted by Crippen LogP contribution is 1.96. The van der Waals surface area contributed by atoms with E-state index in [1.807, 2.05) is 25.1 Å². The van der Waals surface area contributed by atoms with Crippen molar-refractivity contribution in [1.82, 2.24) is 4.98 Å². The average Bonchev–Trinajstić information content (AvgIpc) is 2.32. The number of carbonyl (C=O) groups excluding carboxylic acids is 1. The van der Waals surface area contributed by atoms with E-state index in [-0.39, 0.29) is 6.42 Å². The van der Waals surface area contributed by atoms with Gasteiger partial charge in [0.1, 0.15) is 0 Å². The van der Waals surface area contributed by atoms with Crippen molar-refractivity contribution in [2.24, 2.45) is 0 Å². The Bertz CT molecular complexity index is 300. The van der Waals surface area contributed by atoms with Crippen LogP contribution in [0.25, 0.3) is 0 Å². The molecule has 1 heterocycles. The van der Waals surface area contributed by atoms with Gasteiger partial charge in [-0.1, -0.05) is 13.0 Å². The molecule has 0 aliphatic heterocycles.